The highest BCUT2D eigenvalue weighted by molar-refractivity contribution is 7.94. The molecule has 0 aliphatic carbocycles. The number of alkyl halides is 3. The van der Waals surface area contributed by atoms with Crippen LogP contribution in [0, 0.1) is 5.82 Å². The first kappa shape index (κ1) is 21.2. The van der Waals surface area contributed by atoms with Crippen LogP contribution >= 0.6 is 0 Å². The molecule has 30 heavy (non-hydrogen) atoms. The number of halogens is 4. The number of amides is 1. The summed E-state index contributed by atoms with van der Waals surface area (Å²) in [6.45, 7) is 0. The zero-order valence-corrected chi connectivity index (χ0v) is 15.6. The van der Waals surface area contributed by atoms with E-state index >= 15 is 0 Å². The van der Waals surface area contributed by atoms with Crippen LogP contribution in [-0.2, 0) is 10.0 Å². The zero-order valence-electron chi connectivity index (χ0n) is 14.7. The molecule has 0 fully saturated rings. The van der Waals surface area contributed by atoms with Gasteiger partial charge < -0.3 is 4.74 Å². The van der Waals surface area contributed by atoms with E-state index in [0.29, 0.717) is 0 Å². The largest absolute Gasteiger partial charge is 0.517 e. The molecule has 0 bridgehead atoms. The van der Waals surface area contributed by atoms with Crippen molar-refractivity contribution in [3.8, 4) is 11.8 Å². The molecule has 7 nitrogen and oxygen atoms in total. The third-order valence-corrected chi connectivity index (χ3v) is 5.09. The lowest BCUT2D eigenvalue weighted by molar-refractivity contribution is -0.0437. The highest BCUT2D eigenvalue weighted by Gasteiger charge is 2.53. The molecule has 0 unspecified atom stereocenters. The topological polar surface area (TPSA) is 89.5 Å². The fourth-order valence-corrected chi connectivity index (χ4v) is 3.23. The molecule has 1 heterocycles. The number of ether oxygens (including phenoxy) is 1. The first-order valence-electron chi connectivity index (χ1n) is 8.06. The van der Waals surface area contributed by atoms with Crippen molar-refractivity contribution in [1.82, 2.24) is 9.97 Å². The van der Waals surface area contributed by atoms with Crippen LogP contribution in [0.1, 0.15) is 10.4 Å². The summed E-state index contributed by atoms with van der Waals surface area (Å²) in [4.78, 5) is 20.2. The Kier molecular flexibility index (Phi) is 5.69. The van der Waals surface area contributed by atoms with Gasteiger partial charge in [0.1, 0.15) is 11.6 Å². The first-order valence-corrected chi connectivity index (χ1v) is 9.50. The van der Waals surface area contributed by atoms with E-state index in [-0.39, 0.29) is 11.8 Å². The quantitative estimate of drug-likeness (QED) is 0.558. The van der Waals surface area contributed by atoms with E-state index in [9.17, 15) is 30.8 Å². The molecule has 0 saturated carbocycles. The second kappa shape index (κ2) is 8.06. The fourth-order valence-electron chi connectivity index (χ4n) is 2.31. The molecular formula is C18H11F4N3O4S. The monoisotopic (exact) mass is 441 g/mol. The number of nitrogens with zero attached hydrogens (tertiary/aromatic N) is 3. The maximum atomic E-state index is 13.9. The van der Waals surface area contributed by atoms with E-state index in [1.54, 1.807) is 0 Å². The van der Waals surface area contributed by atoms with E-state index in [1.807, 2.05) is 0 Å². The van der Waals surface area contributed by atoms with Crippen molar-refractivity contribution in [3.63, 3.8) is 0 Å². The van der Waals surface area contributed by atoms with Gasteiger partial charge in [-0.25, -0.2) is 14.4 Å². The normalized spacial score (nSPS) is 11.7. The number of anilines is 1. The minimum Gasteiger partial charge on any atom is -0.424 e. The van der Waals surface area contributed by atoms with Gasteiger partial charge in [-0.05, 0) is 42.5 Å². The number of carbonyl (C=O) groups is 1. The maximum Gasteiger partial charge on any atom is 0.517 e. The summed E-state index contributed by atoms with van der Waals surface area (Å²) in [6, 6.07) is 9.58. The molecule has 1 aromatic heterocycles. The molecule has 0 spiro atoms. The third kappa shape index (κ3) is 4.22. The number of rotatable bonds is 5. The van der Waals surface area contributed by atoms with Gasteiger partial charge in [-0.2, -0.15) is 25.9 Å². The molecular weight excluding hydrogens is 430 g/mol. The van der Waals surface area contributed by atoms with Crippen LogP contribution in [0.3, 0.4) is 0 Å². The van der Waals surface area contributed by atoms with Crippen LogP contribution in [0.5, 0.6) is 11.8 Å². The molecule has 156 valence electrons. The van der Waals surface area contributed by atoms with Crippen molar-refractivity contribution < 1.29 is 35.5 Å². The average Bonchev–Trinajstić information content (AvgIpc) is 2.69. The summed E-state index contributed by atoms with van der Waals surface area (Å²) >= 11 is 0. The predicted molar refractivity (Wildman–Crippen MR) is 96.7 cm³/mol. The number of sulfonamides is 1. The van der Waals surface area contributed by atoms with E-state index in [4.69, 9.17) is 4.74 Å². The average molecular weight is 441 g/mol. The summed E-state index contributed by atoms with van der Waals surface area (Å²) in [5.41, 5.74) is -7.31. The molecule has 0 atom stereocenters. The Labute approximate surface area is 167 Å². The molecule has 12 heteroatoms. The second-order valence-corrected chi connectivity index (χ2v) is 7.41. The van der Waals surface area contributed by atoms with Gasteiger partial charge in [-0.1, -0.05) is 12.1 Å². The number of carbonyl (C=O) groups excluding carboxylic acids is 1. The van der Waals surface area contributed by atoms with Gasteiger partial charge in [0.05, 0.1) is 11.3 Å². The predicted octanol–water partition coefficient (Wildman–Crippen LogP) is 3.90. The summed E-state index contributed by atoms with van der Waals surface area (Å²) in [6.07, 6.45) is 2.78. The van der Waals surface area contributed by atoms with Crippen LogP contribution in [0.4, 0.5) is 23.2 Å². The molecule has 0 radical (unpaired) electrons. The van der Waals surface area contributed by atoms with Crippen LogP contribution < -0.4 is 9.04 Å². The lowest BCUT2D eigenvalue weighted by Gasteiger charge is -2.24. The van der Waals surface area contributed by atoms with Gasteiger partial charge in [0.25, 0.3) is 5.91 Å². The highest BCUT2D eigenvalue weighted by Crippen LogP contribution is 2.33. The maximum absolute atomic E-state index is 13.9. The van der Waals surface area contributed by atoms with Crippen molar-refractivity contribution in [2.45, 2.75) is 5.51 Å². The summed E-state index contributed by atoms with van der Waals surface area (Å²) < 4.78 is 82.4. The van der Waals surface area contributed by atoms with E-state index < -0.39 is 42.8 Å². The van der Waals surface area contributed by atoms with E-state index in [0.717, 1.165) is 36.4 Å². The number of benzene rings is 2. The van der Waals surface area contributed by atoms with Crippen molar-refractivity contribution in [2.24, 2.45) is 0 Å². The first-order chi connectivity index (χ1) is 14.1. The molecule has 0 saturated heterocycles. The molecule has 2 aromatic carbocycles. The van der Waals surface area contributed by atoms with Crippen LogP contribution in [0.2, 0.25) is 0 Å². The Bertz CT molecular complexity index is 1150. The van der Waals surface area contributed by atoms with Crippen molar-refractivity contribution in [3.05, 3.63) is 78.4 Å². The van der Waals surface area contributed by atoms with Gasteiger partial charge in [0.2, 0.25) is 0 Å². The fraction of sp³-hybridized carbons (Fsp3) is 0.0556. The number of hydrogen-bond acceptors (Lipinski definition) is 6. The Morgan fingerprint density at radius 2 is 1.53 bits per heavy atom. The molecule has 0 N–H and O–H groups in total. The Morgan fingerprint density at radius 1 is 0.933 bits per heavy atom. The third-order valence-electron chi connectivity index (χ3n) is 3.64. The smallest absolute Gasteiger partial charge is 0.424 e. The van der Waals surface area contributed by atoms with Crippen LogP contribution in [-0.4, -0.2) is 29.8 Å². The van der Waals surface area contributed by atoms with Crippen molar-refractivity contribution >= 4 is 21.6 Å². The van der Waals surface area contributed by atoms with E-state index in [1.165, 1.54) is 30.6 Å². The van der Waals surface area contributed by atoms with E-state index in [2.05, 4.69) is 9.97 Å². The number of hydrogen-bond donors (Lipinski definition) is 0. The van der Waals surface area contributed by atoms with Crippen LogP contribution in [0.25, 0.3) is 0 Å². The van der Waals surface area contributed by atoms with Crippen molar-refractivity contribution in [2.75, 3.05) is 4.31 Å². The highest BCUT2D eigenvalue weighted by atomic mass is 32.2. The van der Waals surface area contributed by atoms with Gasteiger partial charge in [0.15, 0.2) is 0 Å². The zero-order chi connectivity index (χ0) is 21.9. The Balaban J connectivity index is 2.02. The molecule has 1 amide bonds. The summed E-state index contributed by atoms with van der Waals surface area (Å²) in [5, 5.41) is 0. The second-order valence-electron chi connectivity index (χ2n) is 5.63. The van der Waals surface area contributed by atoms with Gasteiger partial charge in [0, 0.05) is 12.4 Å². The minimum atomic E-state index is -6.18. The standard InChI is InChI=1S/C18H11F4N3O4S/c19-15-5-2-1-4-14(15)16(26)25(30(27,28)18(20,21)22)12-6-8-13(9-7-12)29-17-23-10-3-11-24-17/h1-11H. The molecule has 0 aliphatic heterocycles. The molecule has 3 rings (SSSR count). The SMILES string of the molecule is O=C(c1ccccc1F)N(c1ccc(Oc2ncccn2)cc1)S(=O)(=O)C(F)(F)F. The minimum absolute atomic E-state index is 0.0625. The van der Waals surface area contributed by atoms with Crippen LogP contribution in [0.15, 0.2) is 67.0 Å². The molecule has 0 aliphatic rings. The summed E-state index contributed by atoms with van der Waals surface area (Å²) in [7, 11) is -6.18. The summed E-state index contributed by atoms with van der Waals surface area (Å²) in [5.74, 6) is -2.82. The van der Waals surface area contributed by atoms with Gasteiger partial charge >= 0.3 is 21.5 Å². The molecule has 3 aromatic rings. The van der Waals surface area contributed by atoms with Gasteiger partial charge in [-0.15, -0.1) is 0 Å². The number of aromatic nitrogens is 2. The Hall–Kier alpha value is -3.54. The Morgan fingerprint density at radius 3 is 2.10 bits per heavy atom. The lowest BCUT2D eigenvalue weighted by Crippen LogP contribution is -2.45. The lowest BCUT2D eigenvalue weighted by atomic mass is 10.2. The van der Waals surface area contributed by atoms with Gasteiger partial charge in [-0.3, -0.25) is 4.79 Å². The van der Waals surface area contributed by atoms with Crippen molar-refractivity contribution in [1.29, 1.82) is 0 Å².